The van der Waals surface area contributed by atoms with Gasteiger partial charge in [0.05, 0.1) is 6.04 Å². The van der Waals surface area contributed by atoms with Gasteiger partial charge in [-0.2, -0.15) is 0 Å². The quantitative estimate of drug-likeness (QED) is 0.690. The molecule has 14 heavy (non-hydrogen) atoms. The highest BCUT2D eigenvalue weighted by Crippen LogP contribution is 2.42. The zero-order valence-electron chi connectivity index (χ0n) is 8.02. The Hall–Kier alpha value is -1.11. The van der Waals surface area contributed by atoms with Gasteiger partial charge in [-0.05, 0) is 6.42 Å². The summed E-state index contributed by atoms with van der Waals surface area (Å²) in [4.78, 5) is 11.3. The van der Waals surface area contributed by atoms with Crippen molar-refractivity contribution in [3.8, 4) is 12.3 Å². The molecule has 0 aliphatic heterocycles. The van der Waals surface area contributed by atoms with Gasteiger partial charge in [0.2, 0.25) is 11.8 Å². The van der Waals surface area contributed by atoms with Crippen LogP contribution in [0.3, 0.4) is 0 Å². The van der Waals surface area contributed by atoms with E-state index >= 15 is 0 Å². The van der Waals surface area contributed by atoms with Gasteiger partial charge in [-0.1, -0.05) is 12.8 Å². The minimum absolute atomic E-state index is 0.336. The Morgan fingerprint density at radius 1 is 1.71 bits per heavy atom. The summed E-state index contributed by atoms with van der Waals surface area (Å²) < 4.78 is 24.9. The maximum atomic E-state index is 12.4. The van der Waals surface area contributed by atoms with Gasteiger partial charge in [-0.3, -0.25) is 4.79 Å². The van der Waals surface area contributed by atoms with Crippen molar-refractivity contribution in [2.75, 3.05) is 0 Å². The van der Waals surface area contributed by atoms with Crippen LogP contribution in [0.1, 0.15) is 26.2 Å². The Kier molecular flexibility index (Phi) is 3.10. The van der Waals surface area contributed by atoms with Crippen molar-refractivity contribution in [2.45, 2.75) is 38.2 Å². The smallest absolute Gasteiger partial charge is 0.249 e. The number of hydrogen-bond donors (Lipinski definition) is 1. The van der Waals surface area contributed by atoms with Gasteiger partial charge in [0.15, 0.2) is 0 Å². The first-order valence-electron chi connectivity index (χ1n) is 4.63. The fourth-order valence-electron chi connectivity index (χ4n) is 1.40. The van der Waals surface area contributed by atoms with Crippen molar-refractivity contribution in [3.63, 3.8) is 0 Å². The fourth-order valence-corrected chi connectivity index (χ4v) is 1.40. The molecule has 0 aromatic rings. The second-order valence-corrected chi connectivity index (χ2v) is 3.60. The topological polar surface area (TPSA) is 29.1 Å². The summed E-state index contributed by atoms with van der Waals surface area (Å²) in [6.07, 6.45) is 5.05. The number of alkyl halides is 2. The molecule has 78 valence electrons. The molecule has 1 aliphatic carbocycles. The van der Waals surface area contributed by atoms with Crippen LogP contribution in [0.5, 0.6) is 0 Å². The maximum absolute atomic E-state index is 12.4. The molecule has 1 atom stereocenters. The van der Waals surface area contributed by atoms with Crippen molar-refractivity contribution in [1.29, 1.82) is 0 Å². The van der Waals surface area contributed by atoms with E-state index in [0.29, 0.717) is 6.42 Å². The number of halogens is 2. The summed E-state index contributed by atoms with van der Waals surface area (Å²) in [5.74, 6) is -1.18. The lowest BCUT2D eigenvalue weighted by Gasteiger charge is -2.34. The average Bonchev–Trinajstić information content (AvgIpc) is 2.09. The van der Waals surface area contributed by atoms with E-state index < -0.39 is 11.8 Å². The van der Waals surface area contributed by atoms with Gasteiger partial charge in [-0.15, -0.1) is 6.42 Å². The SMILES string of the molecule is C#CC(CC)NC(=O)C1CC(F)(F)C1. The molecule has 2 nitrogen and oxygen atoms in total. The lowest BCUT2D eigenvalue weighted by Crippen LogP contribution is -2.47. The molecular weight excluding hydrogens is 188 g/mol. The molecule has 1 aliphatic rings. The second-order valence-electron chi connectivity index (χ2n) is 3.60. The van der Waals surface area contributed by atoms with E-state index in [4.69, 9.17) is 6.42 Å². The Balaban J connectivity index is 2.35. The van der Waals surface area contributed by atoms with Crippen LogP contribution in [-0.2, 0) is 4.79 Å². The van der Waals surface area contributed by atoms with Crippen LogP contribution >= 0.6 is 0 Å². The van der Waals surface area contributed by atoms with E-state index in [1.54, 1.807) is 0 Å². The zero-order valence-corrected chi connectivity index (χ0v) is 8.02. The van der Waals surface area contributed by atoms with Crippen LogP contribution in [0.15, 0.2) is 0 Å². The van der Waals surface area contributed by atoms with Crippen LogP contribution in [0.4, 0.5) is 8.78 Å². The summed E-state index contributed by atoms with van der Waals surface area (Å²) in [5.41, 5.74) is 0. The Morgan fingerprint density at radius 3 is 2.64 bits per heavy atom. The van der Waals surface area contributed by atoms with Gasteiger partial charge in [0.1, 0.15) is 0 Å². The van der Waals surface area contributed by atoms with Gasteiger partial charge in [0, 0.05) is 18.8 Å². The molecule has 1 N–H and O–H groups in total. The summed E-state index contributed by atoms with van der Waals surface area (Å²) >= 11 is 0. The highest BCUT2D eigenvalue weighted by Gasteiger charge is 2.48. The van der Waals surface area contributed by atoms with Crippen LogP contribution in [0.25, 0.3) is 0 Å². The van der Waals surface area contributed by atoms with E-state index in [1.807, 2.05) is 6.92 Å². The predicted molar refractivity (Wildman–Crippen MR) is 48.7 cm³/mol. The highest BCUT2D eigenvalue weighted by atomic mass is 19.3. The summed E-state index contributed by atoms with van der Waals surface area (Å²) in [5, 5.41) is 2.55. The van der Waals surface area contributed by atoms with Crippen molar-refractivity contribution >= 4 is 5.91 Å². The van der Waals surface area contributed by atoms with Crippen molar-refractivity contribution in [1.82, 2.24) is 5.32 Å². The van der Waals surface area contributed by atoms with Crippen LogP contribution in [0.2, 0.25) is 0 Å². The standard InChI is InChI=1S/C10H13F2NO/c1-3-8(4-2)13-9(14)7-5-10(11,12)6-7/h1,7-8H,4-6H2,2H3,(H,13,14). The Morgan fingerprint density at radius 2 is 2.29 bits per heavy atom. The molecule has 1 amide bonds. The average molecular weight is 201 g/mol. The first kappa shape index (κ1) is 11.0. The number of carbonyl (C=O) groups excluding carboxylic acids is 1. The first-order valence-corrected chi connectivity index (χ1v) is 4.63. The lowest BCUT2D eigenvalue weighted by atomic mass is 9.80. The van der Waals surface area contributed by atoms with E-state index in [0.717, 1.165) is 0 Å². The van der Waals surface area contributed by atoms with Crippen LogP contribution in [-0.4, -0.2) is 17.9 Å². The monoisotopic (exact) mass is 201 g/mol. The second kappa shape index (κ2) is 3.95. The summed E-state index contributed by atoms with van der Waals surface area (Å²) in [7, 11) is 0. The third-order valence-corrected chi connectivity index (χ3v) is 2.39. The molecule has 1 fully saturated rings. The van der Waals surface area contributed by atoms with E-state index in [2.05, 4.69) is 11.2 Å². The number of rotatable bonds is 3. The normalized spacial score (nSPS) is 21.9. The summed E-state index contributed by atoms with van der Waals surface area (Å²) in [6, 6.07) is -0.336. The molecule has 0 spiro atoms. The zero-order chi connectivity index (χ0) is 10.8. The number of terminal acetylenes is 1. The van der Waals surface area contributed by atoms with Crippen molar-refractivity contribution in [3.05, 3.63) is 0 Å². The van der Waals surface area contributed by atoms with Crippen molar-refractivity contribution < 1.29 is 13.6 Å². The van der Waals surface area contributed by atoms with Crippen molar-refractivity contribution in [2.24, 2.45) is 5.92 Å². The van der Waals surface area contributed by atoms with E-state index in [9.17, 15) is 13.6 Å². The molecule has 1 unspecified atom stereocenters. The molecule has 0 aromatic carbocycles. The molecule has 0 radical (unpaired) electrons. The molecular formula is C10H13F2NO. The van der Waals surface area contributed by atoms with E-state index in [1.165, 1.54) is 0 Å². The molecule has 0 heterocycles. The first-order chi connectivity index (χ1) is 6.48. The molecule has 1 saturated carbocycles. The number of nitrogens with one attached hydrogen (secondary N) is 1. The molecule has 1 rings (SSSR count). The van der Waals surface area contributed by atoms with Gasteiger partial charge >= 0.3 is 0 Å². The lowest BCUT2D eigenvalue weighted by molar-refractivity contribution is -0.150. The molecule has 0 aromatic heterocycles. The van der Waals surface area contributed by atoms with Gasteiger partial charge in [0.25, 0.3) is 0 Å². The molecule has 4 heteroatoms. The minimum Gasteiger partial charge on any atom is -0.342 e. The largest absolute Gasteiger partial charge is 0.342 e. The number of hydrogen-bond acceptors (Lipinski definition) is 1. The van der Waals surface area contributed by atoms with Crippen LogP contribution in [0, 0.1) is 18.3 Å². The minimum atomic E-state index is -2.65. The molecule has 0 saturated heterocycles. The number of amides is 1. The summed E-state index contributed by atoms with van der Waals surface area (Å²) in [6.45, 7) is 1.83. The highest BCUT2D eigenvalue weighted by molar-refractivity contribution is 5.80. The molecule has 0 bridgehead atoms. The third kappa shape index (κ3) is 2.44. The van der Waals surface area contributed by atoms with Gasteiger partial charge in [-0.25, -0.2) is 8.78 Å². The predicted octanol–water partition coefficient (Wildman–Crippen LogP) is 1.56. The maximum Gasteiger partial charge on any atom is 0.249 e. The Bertz CT molecular complexity index is 262. The van der Waals surface area contributed by atoms with Crippen LogP contribution < -0.4 is 5.32 Å². The van der Waals surface area contributed by atoms with Gasteiger partial charge < -0.3 is 5.32 Å². The number of carbonyl (C=O) groups is 1. The fraction of sp³-hybridized carbons (Fsp3) is 0.700. The Labute approximate surface area is 82.1 Å². The van der Waals surface area contributed by atoms with E-state index in [-0.39, 0.29) is 24.8 Å². The third-order valence-electron chi connectivity index (χ3n) is 2.39.